The Balaban J connectivity index is 1.75. The summed E-state index contributed by atoms with van der Waals surface area (Å²) in [5, 5.41) is 0. The summed E-state index contributed by atoms with van der Waals surface area (Å²) >= 11 is 1.92. The van der Waals surface area contributed by atoms with E-state index in [9.17, 15) is 4.79 Å². The lowest BCUT2D eigenvalue weighted by molar-refractivity contribution is 0.00349. The van der Waals surface area contributed by atoms with E-state index < -0.39 is 0 Å². The highest BCUT2D eigenvalue weighted by Gasteiger charge is 2.40. The molecule has 21 heavy (non-hydrogen) atoms. The molecule has 0 aliphatic carbocycles. The second-order valence-electron chi connectivity index (χ2n) is 6.17. The van der Waals surface area contributed by atoms with Gasteiger partial charge in [-0.2, -0.15) is 0 Å². The van der Waals surface area contributed by atoms with Crippen LogP contribution in [-0.4, -0.2) is 41.2 Å². The van der Waals surface area contributed by atoms with E-state index in [0.717, 1.165) is 55.0 Å². The minimum atomic E-state index is -0.00581. The molecule has 1 aromatic rings. The van der Waals surface area contributed by atoms with Crippen molar-refractivity contribution in [2.24, 2.45) is 0 Å². The standard InChI is InChI=1S/C17H23NO2S/c1-12-10-13(2)15(14(3)11-12)16(19)18-6-4-17(5-7-18)20-8-9-21-17/h10-11H,4-9H2,1-3H3. The number of amides is 1. The molecule has 2 aliphatic rings. The van der Waals surface area contributed by atoms with Gasteiger partial charge in [0.25, 0.3) is 5.91 Å². The zero-order valence-electron chi connectivity index (χ0n) is 13.1. The number of aryl methyl sites for hydroxylation is 3. The van der Waals surface area contributed by atoms with Gasteiger partial charge in [0.2, 0.25) is 0 Å². The first-order chi connectivity index (χ1) is 10.0. The van der Waals surface area contributed by atoms with Crippen LogP contribution in [0.25, 0.3) is 0 Å². The number of hydrogen-bond acceptors (Lipinski definition) is 3. The van der Waals surface area contributed by atoms with Gasteiger partial charge < -0.3 is 9.64 Å². The molecule has 4 heteroatoms. The lowest BCUT2D eigenvalue weighted by Gasteiger charge is -2.38. The van der Waals surface area contributed by atoms with Crippen molar-refractivity contribution in [1.82, 2.24) is 4.90 Å². The summed E-state index contributed by atoms with van der Waals surface area (Å²) in [6.07, 6.45) is 1.90. The fraction of sp³-hybridized carbons (Fsp3) is 0.588. The van der Waals surface area contributed by atoms with E-state index in [1.807, 2.05) is 30.5 Å². The van der Waals surface area contributed by atoms with Crippen LogP contribution < -0.4 is 0 Å². The van der Waals surface area contributed by atoms with Crippen LogP contribution in [-0.2, 0) is 4.74 Å². The smallest absolute Gasteiger partial charge is 0.254 e. The number of nitrogens with zero attached hydrogens (tertiary/aromatic N) is 1. The number of thioether (sulfide) groups is 1. The molecule has 0 N–H and O–H groups in total. The molecular formula is C17H23NO2S. The first-order valence-corrected chi connectivity index (χ1v) is 8.64. The Hall–Kier alpha value is -1.00. The van der Waals surface area contributed by atoms with Crippen LogP contribution in [0.4, 0.5) is 0 Å². The number of carbonyl (C=O) groups is 1. The van der Waals surface area contributed by atoms with Crippen molar-refractivity contribution < 1.29 is 9.53 Å². The third kappa shape index (κ3) is 2.84. The fourth-order valence-corrected chi connectivity index (χ4v) is 4.69. The summed E-state index contributed by atoms with van der Waals surface area (Å²) in [6.45, 7) is 8.61. The highest BCUT2D eigenvalue weighted by Crippen LogP contribution is 2.41. The molecule has 0 radical (unpaired) electrons. The van der Waals surface area contributed by atoms with Gasteiger partial charge in [0, 0.05) is 37.2 Å². The second-order valence-corrected chi connectivity index (χ2v) is 7.61. The van der Waals surface area contributed by atoms with E-state index >= 15 is 0 Å². The highest BCUT2D eigenvalue weighted by molar-refractivity contribution is 8.00. The fourth-order valence-electron chi connectivity index (χ4n) is 3.51. The normalized spacial score (nSPS) is 21.0. The Morgan fingerprint density at radius 1 is 1.19 bits per heavy atom. The molecule has 0 bridgehead atoms. The number of benzene rings is 1. The first-order valence-electron chi connectivity index (χ1n) is 7.66. The summed E-state index contributed by atoms with van der Waals surface area (Å²) in [5.74, 6) is 1.27. The van der Waals surface area contributed by atoms with Crippen LogP contribution >= 0.6 is 11.8 Å². The molecule has 1 aromatic carbocycles. The number of likely N-dealkylation sites (tertiary alicyclic amines) is 1. The van der Waals surface area contributed by atoms with Gasteiger partial charge in [-0.1, -0.05) is 17.7 Å². The number of carbonyl (C=O) groups excluding carboxylic acids is 1. The Bertz CT molecular complexity index is 531. The molecule has 2 aliphatic heterocycles. The minimum Gasteiger partial charge on any atom is -0.363 e. The molecule has 0 saturated carbocycles. The van der Waals surface area contributed by atoms with E-state index in [4.69, 9.17) is 4.74 Å². The Labute approximate surface area is 131 Å². The number of piperidine rings is 1. The molecule has 1 amide bonds. The van der Waals surface area contributed by atoms with Crippen LogP contribution in [0.15, 0.2) is 12.1 Å². The molecule has 2 saturated heterocycles. The Morgan fingerprint density at radius 3 is 2.33 bits per heavy atom. The maximum atomic E-state index is 12.8. The summed E-state index contributed by atoms with van der Waals surface area (Å²) in [7, 11) is 0. The van der Waals surface area contributed by atoms with Crippen molar-refractivity contribution in [3.8, 4) is 0 Å². The van der Waals surface area contributed by atoms with Gasteiger partial charge in [0.05, 0.1) is 6.61 Å². The third-order valence-electron chi connectivity index (χ3n) is 4.52. The number of rotatable bonds is 1. The van der Waals surface area contributed by atoms with Crippen LogP contribution in [0, 0.1) is 20.8 Å². The lowest BCUT2D eigenvalue weighted by Crippen LogP contribution is -2.45. The van der Waals surface area contributed by atoms with Gasteiger partial charge in [-0.3, -0.25) is 4.79 Å². The van der Waals surface area contributed by atoms with E-state index in [1.165, 1.54) is 5.56 Å². The van der Waals surface area contributed by atoms with Gasteiger partial charge >= 0.3 is 0 Å². The van der Waals surface area contributed by atoms with Crippen molar-refractivity contribution in [1.29, 1.82) is 0 Å². The third-order valence-corrected chi connectivity index (χ3v) is 5.94. The van der Waals surface area contributed by atoms with Gasteiger partial charge in [0.1, 0.15) is 4.93 Å². The van der Waals surface area contributed by atoms with Crippen molar-refractivity contribution in [2.45, 2.75) is 38.5 Å². The van der Waals surface area contributed by atoms with Crippen molar-refractivity contribution in [3.05, 3.63) is 34.4 Å². The van der Waals surface area contributed by atoms with Crippen LogP contribution in [0.3, 0.4) is 0 Å². The van der Waals surface area contributed by atoms with E-state index in [2.05, 4.69) is 19.1 Å². The predicted octanol–water partition coefficient (Wildman–Crippen LogP) is 3.31. The van der Waals surface area contributed by atoms with Gasteiger partial charge in [-0.05, 0) is 31.9 Å². The maximum Gasteiger partial charge on any atom is 0.254 e. The molecule has 3 rings (SSSR count). The Kier molecular flexibility index (Phi) is 4.02. The zero-order chi connectivity index (χ0) is 15.0. The zero-order valence-corrected chi connectivity index (χ0v) is 13.9. The van der Waals surface area contributed by atoms with Crippen molar-refractivity contribution >= 4 is 17.7 Å². The van der Waals surface area contributed by atoms with E-state index in [0.29, 0.717) is 0 Å². The minimum absolute atomic E-state index is 0.00581. The highest BCUT2D eigenvalue weighted by atomic mass is 32.2. The monoisotopic (exact) mass is 305 g/mol. The lowest BCUT2D eigenvalue weighted by atomic mass is 9.97. The van der Waals surface area contributed by atoms with Crippen LogP contribution in [0.2, 0.25) is 0 Å². The van der Waals surface area contributed by atoms with Gasteiger partial charge in [0.15, 0.2) is 0 Å². The first kappa shape index (κ1) is 14.9. The molecule has 0 aromatic heterocycles. The topological polar surface area (TPSA) is 29.5 Å². The largest absolute Gasteiger partial charge is 0.363 e. The van der Waals surface area contributed by atoms with E-state index in [1.54, 1.807) is 0 Å². The van der Waals surface area contributed by atoms with Gasteiger partial charge in [-0.25, -0.2) is 0 Å². The maximum absolute atomic E-state index is 12.8. The van der Waals surface area contributed by atoms with Crippen molar-refractivity contribution in [3.63, 3.8) is 0 Å². The molecule has 0 atom stereocenters. The van der Waals surface area contributed by atoms with Gasteiger partial charge in [-0.15, -0.1) is 11.8 Å². The average molecular weight is 305 g/mol. The predicted molar refractivity (Wildman–Crippen MR) is 86.9 cm³/mol. The van der Waals surface area contributed by atoms with E-state index in [-0.39, 0.29) is 10.8 Å². The summed E-state index contributed by atoms with van der Waals surface area (Å²) in [5.41, 5.74) is 4.28. The summed E-state index contributed by atoms with van der Waals surface area (Å²) < 4.78 is 5.90. The second kappa shape index (κ2) is 5.65. The molecule has 2 heterocycles. The SMILES string of the molecule is Cc1cc(C)c(C(=O)N2CCC3(CC2)OCCS3)c(C)c1. The number of hydrogen-bond donors (Lipinski definition) is 0. The average Bonchev–Trinajstić information content (AvgIpc) is 2.86. The van der Waals surface area contributed by atoms with Crippen LogP contribution in [0.5, 0.6) is 0 Å². The van der Waals surface area contributed by atoms with Crippen LogP contribution in [0.1, 0.15) is 39.9 Å². The molecule has 0 unspecified atom stereocenters. The summed E-state index contributed by atoms with van der Waals surface area (Å²) in [6, 6.07) is 4.20. The molecule has 114 valence electrons. The number of ether oxygens (including phenoxy) is 1. The van der Waals surface area contributed by atoms with Crippen molar-refractivity contribution in [2.75, 3.05) is 25.4 Å². The summed E-state index contributed by atoms with van der Waals surface area (Å²) in [4.78, 5) is 14.8. The molecule has 3 nitrogen and oxygen atoms in total. The molecule has 2 fully saturated rings. The quantitative estimate of drug-likeness (QED) is 0.797. The molecule has 1 spiro atoms. The molecular weight excluding hydrogens is 282 g/mol. The Morgan fingerprint density at radius 2 is 1.81 bits per heavy atom.